The van der Waals surface area contributed by atoms with Gasteiger partial charge in [0.2, 0.25) is 6.36 Å². The van der Waals surface area contributed by atoms with E-state index in [0.717, 1.165) is 49.2 Å². The van der Waals surface area contributed by atoms with E-state index >= 15 is 0 Å². The first kappa shape index (κ1) is 34.8. The molecule has 0 amide bonds. The molecule has 3 aromatic rings. The SMILES string of the molecule is CCCCCCCCCC(F)OC(=O)c1ccc(OC(=O)c2ccc(-c3ccc(OCCCCCCCC)cc3)cc2)cc1. The number of esters is 2. The molecule has 0 saturated carbocycles. The minimum Gasteiger partial charge on any atom is -0.494 e. The van der Waals surface area contributed by atoms with Gasteiger partial charge in [0.25, 0.3) is 0 Å². The van der Waals surface area contributed by atoms with Gasteiger partial charge in [-0.15, -0.1) is 0 Å². The highest BCUT2D eigenvalue weighted by atomic mass is 19.1. The van der Waals surface area contributed by atoms with E-state index < -0.39 is 18.3 Å². The Morgan fingerprint density at radius 3 is 1.61 bits per heavy atom. The average molecular weight is 605 g/mol. The summed E-state index contributed by atoms with van der Waals surface area (Å²) in [5.41, 5.74) is 2.61. The molecule has 0 saturated heterocycles. The number of alkyl halides is 1. The highest BCUT2D eigenvalue weighted by molar-refractivity contribution is 5.92. The van der Waals surface area contributed by atoms with Crippen LogP contribution >= 0.6 is 0 Å². The van der Waals surface area contributed by atoms with Gasteiger partial charge in [-0.2, -0.15) is 0 Å². The van der Waals surface area contributed by atoms with Crippen LogP contribution in [0.3, 0.4) is 0 Å². The minimum absolute atomic E-state index is 0.201. The number of halogens is 1. The number of benzene rings is 3. The van der Waals surface area contributed by atoms with Gasteiger partial charge in [-0.25, -0.2) is 14.0 Å². The third-order valence-corrected chi connectivity index (χ3v) is 7.64. The summed E-state index contributed by atoms with van der Waals surface area (Å²) in [6.45, 7) is 5.13. The Kier molecular flexibility index (Phi) is 16.1. The fraction of sp³-hybridized carbons (Fsp3) is 0.474. The summed E-state index contributed by atoms with van der Waals surface area (Å²) in [6.07, 6.45) is 13.5. The molecule has 238 valence electrons. The third-order valence-electron chi connectivity index (χ3n) is 7.64. The smallest absolute Gasteiger partial charge is 0.343 e. The van der Waals surface area contributed by atoms with Crippen LogP contribution in [0.1, 0.15) is 124 Å². The first-order chi connectivity index (χ1) is 21.5. The number of hydrogen-bond acceptors (Lipinski definition) is 5. The lowest BCUT2D eigenvalue weighted by Crippen LogP contribution is -2.14. The Bertz CT molecular complexity index is 1220. The second-order valence-electron chi connectivity index (χ2n) is 11.4. The van der Waals surface area contributed by atoms with Crippen LogP contribution in [0, 0.1) is 0 Å². The number of unbranched alkanes of at least 4 members (excludes halogenated alkanes) is 11. The molecule has 1 atom stereocenters. The molecular formula is C38H49FO5. The van der Waals surface area contributed by atoms with Crippen molar-refractivity contribution in [2.45, 2.75) is 110 Å². The molecule has 0 aliphatic heterocycles. The van der Waals surface area contributed by atoms with Gasteiger partial charge in [-0.3, -0.25) is 0 Å². The quantitative estimate of drug-likeness (QED) is 0.0687. The zero-order valence-electron chi connectivity index (χ0n) is 26.5. The fourth-order valence-corrected chi connectivity index (χ4v) is 4.94. The Balaban J connectivity index is 1.40. The molecular weight excluding hydrogens is 555 g/mol. The Hall–Kier alpha value is -3.67. The van der Waals surface area contributed by atoms with E-state index in [9.17, 15) is 14.0 Å². The standard InChI is InChI=1S/C38H49FO5/c1-3-5-7-9-11-12-14-16-36(39)44-38(41)33-23-27-35(28-24-33)43-37(40)32-19-17-30(18-20-32)31-21-25-34(26-22-31)42-29-15-13-10-8-6-4-2/h17-28,36H,3-16,29H2,1-2H3. The maximum absolute atomic E-state index is 14.1. The molecule has 3 aromatic carbocycles. The largest absolute Gasteiger partial charge is 0.494 e. The number of carbonyl (C=O) groups excluding carboxylic acids is 2. The van der Waals surface area contributed by atoms with Crippen LogP contribution in [-0.4, -0.2) is 24.9 Å². The van der Waals surface area contributed by atoms with E-state index in [1.54, 1.807) is 12.1 Å². The summed E-state index contributed by atoms with van der Waals surface area (Å²) in [4.78, 5) is 25.0. The van der Waals surface area contributed by atoms with Crippen molar-refractivity contribution in [3.63, 3.8) is 0 Å². The minimum atomic E-state index is -1.63. The number of hydrogen-bond donors (Lipinski definition) is 0. The maximum Gasteiger partial charge on any atom is 0.343 e. The Labute approximate surface area is 263 Å². The van der Waals surface area contributed by atoms with Crippen molar-refractivity contribution in [2.75, 3.05) is 6.61 Å². The van der Waals surface area contributed by atoms with E-state index in [4.69, 9.17) is 14.2 Å². The maximum atomic E-state index is 14.1. The highest BCUT2D eigenvalue weighted by Gasteiger charge is 2.16. The zero-order chi connectivity index (χ0) is 31.4. The summed E-state index contributed by atoms with van der Waals surface area (Å²) in [5, 5.41) is 0. The lowest BCUT2D eigenvalue weighted by atomic mass is 10.0. The monoisotopic (exact) mass is 604 g/mol. The van der Waals surface area contributed by atoms with E-state index in [0.29, 0.717) is 12.0 Å². The van der Waals surface area contributed by atoms with Crippen LogP contribution in [0.15, 0.2) is 72.8 Å². The summed E-state index contributed by atoms with van der Waals surface area (Å²) in [6, 6.07) is 21.1. The summed E-state index contributed by atoms with van der Waals surface area (Å²) < 4.78 is 30.4. The Morgan fingerprint density at radius 2 is 1.02 bits per heavy atom. The van der Waals surface area contributed by atoms with Gasteiger partial charge in [-0.05, 0) is 72.5 Å². The lowest BCUT2D eigenvalue weighted by Gasteiger charge is -2.11. The first-order valence-corrected chi connectivity index (χ1v) is 16.5. The van der Waals surface area contributed by atoms with E-state index in [1.165, 1.54) is 75.6 Å². The topological polar surface area (TPSA) is 61.8 Å². The van der Waals surface area contributed by atoms with Gasteiger partial charge >= 0.3 is 11.9 Å². The normalized spacial score (nSPS) is 11.6. The second kappa shape index (κ2) is 20.3. The predicted octanol–water partition coefficient (Wildman–Crippen LogP) is 10.9. The van der Waals surface area contributed by atoms with Crippen molar-refractivity contribution >= 4 is 11.9 Å². The molecule has 0 aliphatic rings. The molecule has 3 rings (SSSR count). The number of carbonyl (C=O) groups is 2. The summed E-state index contributed by atoms with van der Waals surface area (Å²) in [7, 11) is 0. The summed E-state index contributed by atoms with van der Waals surface area (Å²) >= 11 is 0. The molecule has 5 nitrogen and oxygen atoms in total. The zero-order valence-corrected chi connectivity index (χ0v) is 26.5. The van der Waals surface area contributed by atoms with Gasteiger partial charge < -0.3 is 14.2 Å². The number of ether oxygens (including phenoxy) is 3. The van der Waals surface area contributed by atoms with Gasteiger partial charge in [0.1, 0.15) is 11.5 Å². The highest BCUT2D eigenvalue weighted by Crippen LogP contribution is 2.24. The van der Waals surface area contributed by atoms with E-state index in [-0.39, 0.29) is 17.7 Å². The van der Waals surface area contributed by atoms with Crippen molar-refractivity contribution in [2.24, 2.45) is 0 Å². The third kappa shape index (κ3) is 12.9. The summed E-state index contributed by atoms with van der Waals surface area (Å²) in [5.74, 6) is -0.100. The molecule has 0 heterocycles. The van der Waals surface area contributed by atoms with Gasteiger partial charge in [0.15, 0.2) is 0 Å². The second-order valence-corrected chi connectivity index (χ2v) is 11.4. The fourth-order valence-electron chi connectivity index (χ4n) is 4.94. The van der Waals surface area contributed by atoms with Crippen molar-refractivity contribution in [1.29, 1.82) is 0 Å². The molecule has 0 spiro atoms. The van der Waals surface area contributed by atoms with Crippen LogP contribution in [0.2, 0.25) is 0 Å². The lowest BCUT2D eigenvalue weighted by molar-refractivity contribution is -0.0195. The molecule has 0 bridgehead atoms. The Morgan fingerprint density at radius 1 is 0.568 bits per heavy atom. The van der Waals surface area contributed by atoms with Crippen molar-refractivity contribution in [1.82, 2.24) is 0 Å². The number of rotatable bonds is 21. The van der Waals surface area contributed by atoms with Crippen LogP contribution in [0.4, 0.5) is 4.39 Å². The van der Waals surface area contributed by atoms with E-state index in [1.807, 2.05) is 36.4 Å². The molecule has 0 aliphatic carbocycles. The average Bonchev–Trinajstić information content (AvgIpc) is 3.04. The van der Waals surface area contributed by atoms with Crippen LogP contribution < -0.4 is 9.47 Å². The molecule has 1 unspecified atom stereocenters. The molecule has 0 radical (unpaired) electrons. The van der Waals surface area contributed by atoms with Gasteiger partial charge in [-0.1, -0.05) is 109 Å². The van der Waals surface area contributed by atoms with Gasteiger partial charge in [0.05, 0.1) is 17.7 Å². The van der Waals surface area contributed by atoms with Gasteiger partial charge in [0, 0.05) is 6.42 Å². The van der Waals surface area contributed by atoms with Crippen LogP contribution in [0.5, 0.6) is 11.5 Å². The van der Waals surface area contributed by atoms with Crippen LogP contribution in [0.25, 0.3) is 11.1 Å². The molecule has 0 aromatic heterocycles. The van der Waals surface area contributed by atoms with Crippen molar-refractivity contribution in [3.8, 4) is 22.6 Å². The van der Waals surface area contributed by atoms with Crippen molar-refractivity contribution in [3.05, 3.63) is 83.9 Å². The molecule has 44 heavy (non-hydrogen) atoms. The van der Waals surface area contributed by atoms with Crippen LogP contribution in [-0.2, 0) is 4.74 Å². The molecule has 0 N–H and O–H groups in total. The molecule has 6 heteroatoms. The molecule has 0 fully saturated rings. The predicted molar refractivity (Wildman–Crippen MR) is 175 cm³/mol. The van der Waals surface area contributed by atoms with Crippen molar-refractivity contribution < 1.29 is 28.2 Å². The first-order valence-electron chi connectivity index (χ1n) is 16.5. The van der Waals surface area contributed by atoms with E-state index in [2.05, 4.69) is 13.8 Å².